The summed E-state index contributed by atoms with van der Waals surface area (Å²) in [6.07, 6.45) is 0. The molecule has 0 saturated heterocycles. The highest BCUT2D eigenvalue weighted by Crippen LogP contribution is 2.33. The molecule has 0 fully saturated rings. The fourth-order valence-electron chi connectivity index (χ4n) is 1.86. The number of hydrogen-bond acceptors (Lipinski definition) is 3. The van der Waals surface area contributed by atoms with Crippen molar-refractivity contribution in [1.82, 2.24) is 4.98 Å². The second kappa shape index (κ2) is 4.98. The van der Waals surface area contributed by atoms with Gasteiger partial charge in [-0.3, -0.25) is 0 Å². The topological polar surface area (TPSA) is 38.9 Å². The SMILES string of the molecule is Cc1cccc(-c2nc(CN)sc2C(C)C)c1. The monoisotopic (exact) mass is 246 g/mol. The van der Waals surface area contributed by atoms with Crippen molar-refractivity contribution in [2.45, 2.75) is 33.2 Å². The van der Waals surface area contributed by atoms with Crippen LogP contribution in [-0.4, -0.2) is 4.98 Å². The number of benzene rings is 1. The second-order valence-electron chi connectivity index (χ2n) is 4.55. The van der Waals surface area contributed by atoms with E-state index in [0.29, 0.717) is 12.5 Å². The zero-order valence-electron chi connectivity index (χ0n) is 10.5. The third kappa shape index (κ3) is 2.56. The van der Waals surface area contributed by atoms with Crippen LogP contribution in [0.5, 0.6) is 0 Å². The van der Waals surface area contributed by atoms with Crippen molar-refractivity contribution in [1.29, 1.82) is 0 Å². The van der Waals surface area contributed by atoms with Gasteiger partial charge in [0, 0.05) is 17.0 Å². The molecule has 1 heterocycles. The number of nitrogens with zero attached hydrogens (tertiary/aromatic N) is 1. The van der Waals surface area contributed by atoms with Crippen LogP contribution >= 0.6 is 11.3 Å². The van der Waals surface area contributed by atoms with Crippen molar-refractivity contribution in [3.05, 3.63) is 39.7 Å². The number of nitrogens with two attached hydrogens (primary N) is 1. The minimum atomic E-state index is 0.489. The zero-order valence-corrected chi connectivity index (χ0v) is 11.3. The third-order valence-corrected chi connectivity index (χ3v) is 4.07. The van der Waals surface area contributed by atoms with E-state index in [-0.39, 0.29) is 0 Å². The standard InChI is InChI=1S/C14H18N2S/c1-9(2)14-13(16-12(8-15)17-14)11-6-4-5-10(3)7-11/h4-7,9H,8,15H2,1-3H3. The van der Waals surface area contributed by atoms with Gasteiger partial charge in [-0.2, -0.15) is 0 Å². The van der Waals surface area contributed by atoms with Crippen LogP contribution < -0.4 is 5.73 Å². The third-order valence-electron chi connectivity index (χ3n) is 2.69. The number of aryl methyl sites for hydroxylation is 1. The minimum Gasteiger partial charge on any atom is -0.325 e. The highest BCUT2D eigenvalue weighted by Gasteiger charge is 2.15. The summed E-state index contributed by atoms with van der Waals surface area (Å²) < 4.78 is 0. The minimum absolute atomic E-state index is 0.489. The summed E-state index contributed by atoms with van der Waals surface area (Å²) >= 11 is 1.73. The molecule has 0 radical (unpaired) electrons. The molecule has 0 aliphatic carbocycles. The Bertz CT molecular complexity index is 515. The van der Waals surface area contributed by atoms with Gasteiger partial charge in [0.25, 0.3) is 0 Å². The normalized spacial score (nSPS) is 11.1. The summed E-state index contributed by atoms with van der Waals surface area (Å²) in [4.78, 5) is 5.98. The average molecular weight is 246 g/mol. The van der Waals surface area contributed by atoms with Crippen LogP contribution in [0.25, 0.3) is 11.3 Å². The van der Waals surface area contributed by atoms with Crippen molar-refractivity contribution in [2.75, 3.05) is 0 Å². The van der Waals surface area contributed by atoms with E-state index >= 15 is 0 Å². The quantitative estimate of drug-likeness (QED) is 0.896. The molecule has 2 N–H and O–H groups in total. The summed E-state index contributed by atoms with van der Waals surface area (Å²) in [5, 5.41) is 1.02. The Balaban J connectivity index is 2.53. The lowest BCUT2D eigenvalue weighted by Crippen LogP contribution is -1.94. The van der Waals surface area contributed by atoms with Gasteiger partial charge in [-0.1, -0.05) is 37.6 Å². The molecule has 0 aliphatic rings. The van der Waals surface area contributed by atoms with Crippen LogP contribution in [0.2, 0.25) is 0 Å². The van der Waals surface area contributed by atoms with Gasteiger partial charge in [-0.15, -0.1) is 11.3 Å². The van der Waals surface area contributed by atoms with E-state index in [1.165, 1.54) is 16.0 Å². The molecule has 0 amide bonds. The Labute approximate surface area is 107 Å². The Morgan fingerprint density at radius 1 is 1.35 bits per heavy atom. The molecule has 0 atom stereocenters. The Kier molecular flexibility index (Phi) is 3.60. The Morgan fingerprint density at radius 3 is 2.71 bits per heavy atom. The zero-order chi connectivity index (χ0) is 12.4. The molecule has 1 aromatic heterocycles. The molecule has 0 spiro atoms. The fraction of sp³-hybridized carbons (Fsp3) is 0.357. The van der Waals surface area contributed by atoms with Crippen LogP contribution in [0.3, 0.4) is 0 Å². The summed E-state index contributed by atoms with van der Waals surface area (Å²) in [5.41, 5.74) is 9.26. The molecule has 17 heavy (non-hydrogen) atoms. The Hall–Kier alpha value is -1.19. The maximum absolute atomic E-state index is 5.69. The number of thiazole rings is 1. The van der Waals surface area contributed by atoms with Crippen molar-refractivity contribution >= 4 is 11.3 Å². The molecule has 3 heteroatoms. The lowest BCUT2D eigenvalue weighted by molar-refractivity contribution is 0.887. The molecule has 0 aliphatic heterocycles. The van der Waals surface area contributed by atoms with Crippen molar-refractivity contribution < 1.29 is 0 Å². The predicted octanol–water partition coefficient (Wildman–Crippen LogP) is 3.70. The van der Waals surface area contributed by atoms with E-state index in [0.717, 1.165) is 10.7 Å². The highest BCUT2D eigenvalue weighted by molar-refractivity contribution is 7.12. The molecule has 2 nitrogen and oxygen atoms in total. The fourth-order valence-corrected chi connectivity index (χ4v) is 2.83. The number of hydrogen-bond donors (Lipinski definition) is 1. The van der Waals surface area contributed by atoms with Gasteiger partial charge < -0.3 is 5.73 Å². The van der Waals surface area contributed by atoms with Gasteiger partial charge in [0.1, 0.15) is 5.01 Å². The van der Waals surface area contributed by atoms with E-state index in [4.69, 9.17) is 5.73 Å². The predicted molar refractivity (Wildman–Crippen MR) is 74.3 cm³/mol. The van der Waals surface area contributed by atoms with Crippen LogP contribution in [0.1, 0.15) is 35.2 Å². The van der Waals surface area contributed by atoms with E-state index < -0.39 is 0 Å². The van der Waals surface area contributed by atoms with Crippen molar-refractivity contribution in [3.8, 4) is 11.3 Å². The molecular formula is C14H18N2S. The number of rotatable bonds is 3. The highest BCUT2D eigenvalue weighted by atomic mass is 32.1. The van der Waals surface area contributed by atoms with E-state index in [2.05, 4.69) is 50.0 Å². The first-order valence-corrected chi connectivity index (χ1v) is 6.70. The lowest BCUT2D eigenvalue weighted by Gasteiger charge is -2.05. The van der Waals surface area contributed by atoms with E-state index in [1.807, 2.05) is 0 Å². The molecule has 1 aromatic carbocycles. The van der Waals surface area contributed by atoms with Gasteiger partial charge in [-0.25, -0.2) is 4.98 Å². The molecule has 0 saturated carbocycles. The van der Waals surface area contributed by atoms with Gasteiger partial charge in [0.2, 0.25) is 0 Å². The average Bonchev–Trinajstić information content (AvgIpc) is 2.73. The molecule has 0 bridgehead atoms. The maximum Gasteiger partial charge on any atom is 0.107 e. The first-order chi connectivity index (χ1) is 8.11. The van der Waals surface area contributed by atoms with Crippen LogP contribution in [0, 0.1) is 6.92 Å². The second-order valence-corrected chi connectivity index (χ2v) is 5.66. The van der Waals surface area contributed by atoms with Crippen LogP contribution in [0.15, 0.2) is 24.3 Å². The first-order valence-electron chi connectivity index (χ1n) is 5.88. The molecular weight excluding hydrogens is 228 g/mol. The summed E-state index contributed by atoms with van der Waals surface area (Å²) in [6.45, 7) is 7.03. The lowest BCUT2D eigenvalue weighted by atomic mass is 10.0. The van der Waals surface area contributed by atoms with Gasteiger partial charge >= 0.3 is 0 Å². The smallest absolute Gasteiger partial charge is 0.107 e. The van der Waals surface area contributed by atoms with Crippen molar-refractivity contribution in [2.24, 2.45) is 5.73 Å². The molecule has 0 unspecified atom stereocenters. The number of aromatic nitrogens is 1. The molecule has 2 rings (SSSR count). The van der Waals surface area contributed by atoms with E-state index in [9.17, 15) is 0 Å². The van der Waals surface area contributed by atoms with Gasteiger partial charge in [0.15, 0.2) is 0 Å². The Morgan fingerprint density at radius 2 is 2.12 bits per heavy atom. The molecule has 2 aromatic rings. The first kappa shape index (κ1) is 12.3. The van der Waals surface area contributed by atoms with Gasteiger partial charge in [-0.05, 0) is 18.9 Å². The van der Waals surface area contributed by atoms with Crippen molar-refractivity contribution in [3.63, 3.8) is 0 Å². The summed E-state index contributed by atoms with van der Waals surface area (Å²) in [5.74, 6) is 0.489. The summed E-state index contributed by atoms with van der Waals surface area (Å²) in [7, 11) is 0. The van der Waals surface area contributed by atoms with Gasteiger partial charge in [0.05, 0.1) is 5.69 Å². The van der Waals surface area contributed by atoms with Crippen LogP contribution in [-0.2, 0) is 6.54 Å². The largest absolute Gasteiger partial charge is 0.325 e. The van der Waals surface area contributed by atoms with E-state index in [1.54, 1.807) is 11.3 Å². The molecule has 90 valence electrons. The maximum atomic E-state index is 5.69. The van der Waals surface area contributed by atoms with Crippen LogP contribution in [0.4, 0.5) is 0 Å². The summed E-state index contributed by atoms with van der Waals surface area (Å²) in [6, 6.07) is 8.49.